The molecule has 6 heteroatoms. The van der Waals surface area contributed by atoms with Gasteiger partial charge in [0.15, 0.2) is 6.10 Å². The molecule has 386 valence electrons. The van der Waals surface area contributed by atoms with Crippen LogP contribution in [0.1, 0.15) is 310 Å². The summed E-state index contributed by atoms with van der Waals surface area (Å²) in [6, 6.07) is 0. The molecule has 0 radical (unpaired) electrons. The van der Waals surface area contributed by atoms with Gasteiger partial charge >= 0.3 is 17.9 Å². The van der Waals surface area contributed by atoms with Crippen molar-refractivity contribution in [2.24, 2.45) is 0 Å². The summed E-state index contributed by atoms with van der Waals surface area (Å²) in [6.45, 7) is 6.63. The zero-order chi connectivity index (χ0) is 47.9. The van der Waals surface area contributed by atoms with E-state index in [1.165, 1.54) is 186 Å². The molecule has 0 N–H and O–H groups in total. The van der Waals surface area contributed by atoms with Gasteiger partial charge in [0, 0.05) is 19.3 Å². The molecule has 0 rings (SSSR count). The zero-order valence-corrected chi connectivity index (χ0v) is 44.2. The van der Waals surface area contributed by atoms with Crippen LogP contribution in [0.3, 0.4) is 0 Å². The van der Waals surface area contributed by atoms with E-state index in [1.54, 1.807) is 0 Å². The molecule has 0 bridgehead atoms. The first kappa shape index (κ1) is 63.6. The van der Waals surface area contributed by atoms with Gasteiger partial charge in [-0.3, -0.25) is 14.4 Å². The second kappa shape index (κ2) is 55.2. The smallest absolute Gasteiger partial charge is 0.306 e. The molecule has 0 aromatic heterocycles. The van der Waals surface area contributed by atoms with Crippen molar-refractivity contribution in [2.75, 3.05) is 13.2 Å². The summed E-state index contributed by atoms with van der Waals surface area (Å²) in [5.41, 5.74) is 0. The Kier molecular flexibility index (Phi) is 53.2. The second-order valence-electron chi connectivity index (χ2n) is 19.6. The van der Waals surface area contributed by atoms with E-state index in [0.717, 1.165) is 83.5 Å². The number of hydrogen-bond donors (Lipinski definition) is 0. The van der Waals surface area contributed by atoms with Crippen LogP contribution in [0.25, 0.3) is 0 Å². The van der Waals surface area contributed by atoms with Gasteiger partial charge < -0.3 is 14.2 Å². The highest BCUT2D eigenvalue weighted by Gasteiger charge is 2.19. The first-order valence-electron chi connectivity index (χ1n) is 29.0. The Morgan fingerprint density at radius 1 is 0.303 bits per heavy atom. The van der Waals surface area contributed by atoms with Gasteiger partial charge in [-0.05, 0) is 77.0 Å². The maximum Gasteiger partial charge on any atom is 0.306 e. The Morgan fingerprint density at radius 2 is 0.545 bits per heavy atom. The van der Waals surface area contributed by atoms with Crippen LogP contribution in [0, 0.1) is 0 Å². The third kappa shape index (κ3) is 52.6. The van der Waals surface area contributed by atoms with Crippen LogP contribution in [0.15, 0.2) is 36.5 Å². The number of ether oxygens (including phenoxy) is 3. The molecular weight excluding hydrogens is 817 g/mol. The minimum Gasteiger partial charge on any atom is -0.462 e. The Bertz CT molecular complexity index is 1110. The van der Waals surface area contributed by atoms with Crippen LogP contribution in [-0.4, -0.2) is 37.2 Å². The van der Waals surface area contributed by atoms with E-state index in [4.69, 9.17) is 14.2 Å². The standard InChI is InChI=1S/C60H110O6/c1-4-7-10-13-16-19-22-25-28-30-33-35-38-41-44-47-50-53-59(62)65-56-57(55-64-58(61)52-49-46-43-40-37-34-31-27-24-21-18-15-12-9-6-3)66-60(63)54-51-48-45-42-39-36-32-29-26-23-20-17-14-11-8-5-2/h18,21,27,29,31-32,57H,4-17,19-20,22-26,28,30,33-56H2,1-3H3/b21-18-,31-27-,32-29-. The van der Waals surface area contributed by atoms with Gasteiger partial charge in [0.1, 0.15) is 13.2 Å². The quantitative estimate of drug-likeness (QED) is 0.0262. The lowest BCUT2D eigenvalue weighted by Gasteiger charge is -2.18. The lowest BCUT2D eigenvalue weighted by Crippen LogP contribution is -2.30. The predicted octanol–water partition coefficient (Wildman–Crippen LogP) is 19.3. The lowest BCUT2D eigenvalue weighted by molar-refractivity contribution is -0.167. The number of rotatable bonds is 53. The molecule has 0 amide bonds. The van der Waals surface area contributed by atoms with E-state index in [1.807, 2.05) is 0 Å². The molecule has 0 aliphatic rings. The lowest BCUT2D eigenvalue weighted by atomic mass is 10.0. The molecule has 0 heterocycles. The minimum absolute atomic E-state index is 0.0764. The normalized spacial score (nSPS) is 12.2. The fourth-order valence-corrected chi connectivity index (χ4v) is 8.47. The maximum absolute atomic E-state index is 12.8. The van der Waals surface area contributed by atoms with Gasteiger partial charge in [-0.15, -0.1) is 0 Å². The third-order valence-electron chi connectivity index (χ3n) is 12.9. The van der Waals surface area contributed by atoms with Crippen molar-refractivity contribution < 1.29 is 28.6 Å². The van der Waals surface area contributed by atoms with Crippen molar-refractivity contribution >= 4 is 17.9 Å². The average molecular weight is 928 g/mol. The van der Waals surface area contributed by atoms with Crippen molar-refractivity contribution in [3.63, 3.8) is 0 Å². The summed E-state index contributed by atoms with van der Waals surface area (Å²) in [5, 5.41) is 0. The van der Waals surface area contributed by atoms with E-state index in [2.05, 4.69) is 57.2 Å². The van der Waals surface area contributed by atoms with Crippen molar-refractivity contribution in [1.29, 1.82) is 0 Å². The summed E-state index contributed by atoms with van der Waals surface area (Å²) >= 11 is 0. The molecule has 0 aromatic rings. The minimum atomic E-state index is -0.779. The van der Waals surface area contributed by atoms with Crippen molar-refractivity contribution in [1.82, 2.24) is 0 Å². The number of unbranched alkanes of at least 4 members (excludes halogenated alkanes) is 36. The molecule has 6 nitrogen and oxygen atoms in total. The number of hydrogen-bond acceptors (Lipinski definition) is 6. The van der Waals surface area contributed by atoms with Crippen LogP contribution in [-0.2, 0) is 28.6 Å². The number of carbonyl (C=O) groups excluding carboxylic acids is 3. The summed E-state index contributed by atoms with van der Waals surface area (Å²) in [5.74, 6) is -0.882. The zero-order valence-electron chi connectivity index (χ0n) is 44.2. The second-order valence-corrected chi connectivity index (χ2v) is 19.6. The topological polar surface area (TPSA) is 78.9 Å². The molecule has 1 unspecified atom stereocenters. The van der Waals surface area contributed by atoms with Gasteiger partial charge in [0.25, 0.3) is 0 Å². The molecule has 0 saturated carbocycles. The Labute approximate surface area is 410 Å². The Hall–Kier alpha value is -2.37. The molecule has 0 fully saturated rings. The first-order chi connectivity index (χ1) is 32.5. The van der Waals surface area contributed by atoms with Gasteiger partial charge in [0.2, 0.25) is 0 Å². The van der Waals surface area contributed by atoms with Crippen LogP contribution < -0.4 is 0 Å². The van der Waals surface area contributed by atoms with Gasteiger partial charge in [-0.2, -0.15) is 0 Å². The highest BCUT2D eigenvalue weighted by molar-refractivity contribution is 5.71. The monoisotopic (exact) mass is 927 g/mol. The summed E-state index contributed by atoms with van der Waals surface area (Å²) in [7, 11) is 0. The van der Waals surface area contributed by atoms with Crippen LogP contribution in [0.2, 0.25) is 0 Å². The maximum atomic E-state index is 12.8. The average Bonchev–Trinajstić information content (AvgIpc) is 3.31. The van der Waals surface area contributed by atoms with Crippen molar-refractivity contribution in [3.05, 3.63) is 36.5 Å². The van der Waals surface area contributed by atoms with Crippen molar-refractivity contribution in [2.45, 2.75) is 316 Å². The summed E-state index contributed by atoms with van der Waals surface area (Å²) in [6.07, 6.45) is 65.6. The molecule has 0 aromatic carbocycles. The van der Waals surface area contributed by atoms with E-state index < -0.39 is 6.10 Å². The highest BCUT2D eigenvalue weighted by Crippen LogP contribution is 2.16. The van der Waals surface area contributed by atoms with Crippen LogP contribution in [0.5, 0.6) is 0 Å². The van der Waals surface area contributed by atoms with Crippen molar-refractivity contribution in [3.8, 4) is 0 Å². The predicted molar refractivity (Wildman–Crippen MR) is 284 cm³/mol. The van der Waals surface area contributed by atoms with Gasteiger partial charge in [-0.1, -0.05) is 250 Å². The van der Waals surface area contributed by atoms with E-state index in [0.29, 0.717) is 19.3 Å². The first-order valence-corrected chi connectivity index (χ1v) is 29.0. The van der Waals surface area contributed by atoms with Gasteiger partial charge in [-0.25, -0.2) is 0 Å². The highest BCUT2D eigenvalue weighted by atomic mass is 16.6. The molecule has 0 aliphatic carbocycles. The number of esters is 3. The van der Waals surface area contributed by atoms with Crippen LogP contribution >= 0.6 is 0 Å². The molecule has 66 heavy (non-hydrogen) atoms. The van der Waals surface area contributed by atoms with Crippen LogP contribution in [0.4, 0.5) is 0 Å². The molecule has 0 spiro atoms. The number of carbonyl (C=O) groups is 3. The molecule has 0 saturated heterocycles. The van der Waals surface area contributed by atoms with Gasteiger partial charge in [0.05, 0.1) is 0 Å². The molecular formula is C60H110O6. The Morgan fingerprint density at radius 3 is 0.879 bits per heavy atom. The van der Waals surface area contributed by atoms with E-state index >= 15 is 0 Å². The third-order valence-corrected chi connectivity index (χ3v) is 12.9. The molecule has 1 atom stereocenters. The largest absolute Gasteiger partial charge is 0.462 e. The van der Waals surface area contributed by atoms with E-state index in [9.17, 15) is 14.4 Å². The number of allylic oxidation sites excluding steroid dienone is 6. The summed E-state index contributed by atoms with van der Waals surface area (Å²) < 4.78 is 16.9. The van der Waals surface area contributed by atoms with E-state index in [-0.39, 0.29) is 31.1 Å². The fourth-order valence-electron chi connectivity index (χ4n) is 8.47. The molecule has 0 aliphatic heterocycles. The Balaban J connectivity index is 4.37. The SMILES string of the molecule is CCCCC/C=C\C/C=C\CCCCCCCC(=O)OCC(COC(=O)CCCCCCCCCCCCCCCCCCC)OC(=O)CCCCCCC/C=C\CCCCCCCCC. The summed E-state index contributed by atoms with van der Waals surface area (Å²) in [4.78, 5) is 38.1. The fraction of sp³-hybridized carbons (Fsp3) is 0.850.